The van der Waals surface area contributed by atoms with Gasteiger partial charge in [0.15, 0.2) is 11.5 Å². The molecule has 2 rings (SSSR count). The first-order chi connectivity index (χ1) is 11.0. The number of phenols is 1. The third kappa shape index (κ3) is 3.99. The van der Waals surface area contributed by atoms with Gasteiger partial charge >= 0.3 is 0 Å². The SMILES string of the molecule is OCC=Cc1ccc(OC2OC(CO)C(O)C(O)C2O)c(O)c1. The van der Waals surface area contributed by atoms with Gasteiger partial charge in [0, 0.05) is 0 Å². The number of phenolic OH excluding ortho intramolecular Hbond substituents is 1. The standard InChI is InChI=1S/C15H20O8/c16-5-1-2-8-3-4-10(9(18)6-8)22-15-14(21)13(20)12(19)11(7-17)23-15/h1-4,6,11-21H,5,7H2. The van der Waals surface area contributed by atoms with Crippen LogP contribution in [-0.4, -0.2) is 74.6 Å². The molecule has 1 aromatic carbocycles. The summed E-state index contributed by atoms with van der Waals surface area (Å²) in [6.07, 6.45) is -3.96. The molecular formula is C15H20O8. The summed E-state index contributed by atoms with van der Waals surface area (Å²) in [4.78, 5) is 0. The highest BCUT2D eigenvalue weighted by Crippen LogP contribution is 2.31. The highest BCUT2D eigenvalue weighted by Gasteiger charge is 2.44. The van der Waals surface area contributed by atoms with E-state index in [1.54, 1.807) is 12.1 Å². The van der Waals surface area contributed by atoms with Gasteiger partial charge in [-0.3, -0.25) is 0 Å². The Balaban J connectivity index is 2.13. The largest absolute Gasteiger partial charge is 0.504 e. The van der Waals surface area contributed by atoms with Crippen LogP contribution in [0.25, 0.3) is 6.08 Å². The van der Waals surface area contributed by atoms with Crippen molar-refractivity contribution in [3.8, 4) is 11.5 Å². The molecule has 0 spiro atoms. The van der Waals surface area contributed by atoms with E-state index in [2.05, 4.69) is 0 Å². The number of hydrogen-bond donors (Lipinski definition) is 6. The van der Waals surface area contributed by atoms with Gasteiger partial charge in [-0.1, -0.05) is 18.2 Å². The Labute approximate surface area is 132 Å². The topological polar surface area (TPSA) is 140 Å². The zero-order valence-corrected chi connectivity index (χ0v) is 12.2. The van der Waals surface area contributed by atoms with Crippen molar-refractivity contribution in [2.45, 2.75) is 30.7 Å². The minimum atomic E-state index is -1.56. The first-order valence-corrected chi connectivity index (χ1v) is 7.05. The molecule has 1 saturated heterocycles. The predicted octanol–water partition coefficient (Wildman–Crippen LogP) is -1.42. The van der Waals surface area contributed by atoms with E-state index < -0.39 is 37.3 Å². The average Bonchev–Trinajstić information content (AvgIpc) is 2.55. The molecular weight excluding hydrogens is 308 g/mol. The molecule has 0 saturated carbocycles. The van der Waals surface area contributed by atoms with E-state index in [4.69, 9.17) is 19.7 Å². The lowest BCUT2D eigenvalue weighted by Crippen LogP contribution is -2.60. The van der Waals surface area contributed by atoms with Crippen molar-refractivity contribution in [3.05, 3.63) is 29.8 Å². The molecule has 23 heavy (non-hydrogen) atoms. The Morgan fingerprint density at radius 3 is 2.43 bits per heavy atom. The lowest BCUT2D eigenvalue weighted by Gasteiger charge is -2.39. The lowest BCUT2D eigenvalue weighted by molar-refractivity contribution is -0.277. The van der Waals surface area contributed by atoms with Crippen molar-refractivity contribution < 1.29 is 40.1 Å². The van der Waals surface area contributed by atoms with Gasteiger partial charge in [0.25, 0.3) is 0 Å². The van der Waals surface area contributed by atoms with Crippen LogP contribution in [0.3, 0.4) is 0 Å². The van der Waals surface area contributed by atoms with E-state index in [0.717, 1.165) is 0 Å². The maximum atomic E-state index is 9.93. The lowest BCUT2D eigenvalue weighted by atomic mass is 9.99. The van der Waals surface area contributed by atoms with Crippen LogP contribution < -0.4 is 4.74 Å². The van der Waals surface area contributed by atoms with Crippen molar-refractivity contribution in [2.75, 3.05) is 13.2 Å². The second kappa shape index (κ2) is 7.73. The maximum absolute atomic E-state index is 9.93. The van der Waals surface area contributed by atoms with Crippen LogP contribution >= 0.6 is 0 Å². The monoisotopic (exact) mass is 328 g/mol. The minimum Gasteiger partial charge on any atom is -0.504 e. The fourth-order valence-electron chi connectivity index (χ4n) is 2.22. The van der Waals surface area contributed by atoms with Crippen LogP contribution in [0.15, 0.2) is 24.3 Å². The molecule has 1 aliphatic rings. The van der Waals surface area contributed by atoms with Crippen LogP contribution in [0.2, 0.25) is 0 Å². The van der Waals surface area contributed by atoms with Crippen molar-refractivity contribution >= 4 is 6.08 Å². The van der Waals surface area contributed by atoms with Gasteiger partial charge in [0.2, 0.25) is 6.29 Å². The van der Waals surface area contributed by atoms with Crippen molar-refractivity contribution in [1.82, 2.24) is 0 Å². The normalized spacial score (nSPS) is 31.4. The number of aromatic hydroxyl groups is 1. The molecule has 1 heterocycles. The molecule has 128 valence electrons. The van der Waals surface area contributed by atoms with E-state index in [9.17, 15) is 20.4 Å². The Kier molecular flexibility index (Phi) is 5.94. The molecule has 0 aliphatic carbocycles. The Morgan fingerprint density at radius 1 is 1.09 bits per heavy atom. The molecule has 5 unspecified atom stereocenters. The van der Waals surface area contributed by atoms with Gasteiger partial charge in [0.1, 0.15) is 24.4 Å². The summed E-state index contributed by atoms with van der Waals surface area (Å²) < 4.78 is 10.5. The molecule has 8 nitrogen and oxygen atoms in total. The van der Waals surface area contributed by atoms with Crippen molar-refractivity contribution in [1.29, 1.82) is 0 Å². The highest BCUT2D eigenvalue weighted by atomic mass is 16.7. The first kappa shape index (κ1) is 17.7. The van der Waals surface area contributed by atoms with Crippen LogP contribution in [0.4, 0.5) is 0 Å². The van der Waals surface area contributed by atoms with Gasteiger partial charge < -0.3 is 40.1 Å². The zero-order valence-electron chi connectivity index (χ0n) is 12.2. The number of benzene rings is 1. The number of aliphatic hydroxyl groups excluding tert-OH is 5. The van der Waals surface area contributed by atoms with Crippen LogP contribution in [0.1, 0.15) is 5.56 Å². The molecule has 0 amide bonds. The molecule has 8 heteroatoms. The summed E-state index contributed by atoms with van der Waals surface area (Å²) in [6, 6.07) is 4.41. The number of hydrogen-bond acceptors (Lipinski definition) is 8. The van der Waals surface area contributed by atoms with Gasteiger partial charge in [-0.25, -0.2) is 0 Å². The molecule has 1 aromatic rings. The predicted molar refractivity (Wildman–Crippen MR) is 78.6 cm³/mol. The molecule has 6 N–H and O–H groups in total. The number of ether oxygens (including phenoxy) is 2. The van der Waals surface area contributed by atoms with E-state index in [0.29, 0.717) is 5.56 Å². The molecule has 0 radical (unpaired) electrons. The van der Waals surface area contributed by atoms with E-state index in [1.165, 1.54) is 18.2 Å². The van der Waals surface area contributed by atoms with Crippen LogP contribution in [0, 0.1) is 0 Å². The average molecular weight is 328 g/mol. The Morgan fingerprint density at radius 2 is 1.83 bits per heavy atom. The molecule has 1 fully saturated rings. The summed E-state index contributed by atoms with van der Waals surface area (Å²) in [7, 11) is 0. The van der Waals surface area contributed by atoms with Crippen molar-refractivity contribution in [2.24, 2.45) is 0 Å². The second-order valence-corrected chi connectivity index (χ2v) is 5.13. The molecule has 1 aliphatic heterocycles. The third-order valence-corrected chi connectivity index (χ3v) is 3.49. The van der Waals surface area contributed by atoms with E-state index >= 15 is 0 Å². The highest BCUT2D eigenvalue weighted by molar-refractivity contribution is 5.55. The van der Waals surface area contributed by atoms with Gasteiger partial charge in [-0.15, -0.1) is 0 Å². The Hall–Kier alpha value is -1.68. The summed E-state index contributed by atoms with van der Waals surface area (Å²) in [5.41, 5.74) is 0.623. The zero-order chi connectivity index (χ0) is 17.0. The summed E-state index contributed by atoms with van der Waals surface area (Å²) in [5.74, 6) is -0.238. The Bertz CT molecular complexity index is 544. The number of rotatable bonds is 5. The van der Waals surface area contributed by atoms with Crippen molar-refractivity contribution in [3.63, 3.8) is 0 Å². The fourth-order valence-corrected chi connectivity index (χ4v) is 2.22. The fraction of sp³-hybridized carbons (Fsp3) is 0.467. The number of aliphatic hydroxyl groups is 5. The summed E-state index contributed by atoms with van der Waals surface area (Å²) in [5, 5.41) is 57.0. The van der Waals surface area contributed by atoms with E-state index in [1.807, 2.05) is 0 Å². The van der Waals surface area contributed by atoms with Gasteiger partial charge in [0.05, 0.1) is 13.2 Å². The van der Waals surface area contributed by atoms with E-state index in [-0.39, 0.29) is 18.1 Å². The quantitative estimate of drug-likeness (QED) is 0.387. The second-order valence-electron chi connectivity index (χ2n) is 5.13. The summed E-state index contributed by atoms with van der Waals surface area (Å²) >= 11 is 0. The smallest absolute Gasteiger partial charge is 0.229 e. The van der Waals surface area contributed by atoms with Crippen LogP contribution in [0.5, 0.6) is 11.5 Å². The third-order valence-electron chi connectivity index (χ3n) is 3.49. The maximum Gasteiger partial charge on any atom is 0.229 e. The molecule has 0 bridgehead atoms. The first-order valence-electron chi connectivity index (χ1n) is 7.05. The minimum absolute atomic E-state index is 0.00419. The summed E-state index contributed by atoms with van der Waals surface area (Å²) in [6.45, 7) is -0.703. The van der Waals surface area contributed by atoms with Crippen LogP contribution in [-0.2, 0) is 4.74 Å². The van der Waals surface area contributed by atoms with Gasteiger partial charge in [-0.2, -0.15) is 0 Å². The molecule has 5 atom stereocenters. The molecule has 0 aromatic heterocycles. The van der Waals surface area contributed by atoms with Gasteiger partial charge in [-0.05, 0) is 17.7 Å².